The molecule has 3 fully saturated rings. The van der Waals surface area contributed by atoms with E-state index in [1.54, 1.807) is 17.0 Å². The lowest BCUT2D eigenvalue weighted by Crippen LogP contribution is -2.56. The van der Waals surface area contributed by atoms with Crippen molar-refractivity contribution in [2.45, 2.75) is 56.0 Å². The standard InChI is InChI=1S/C29H36N6O2/c1-33(2)29(24-9-4-3-5-10-24)14-12-28(13-15-29)21-34(27(37)35(28)19-22-7-6-8-22)20-26(36)32-25-17-23(18-30)11-16-31-25/h3-5,9-11,16-17,22H,6-8,12-15,19-21H2,1-2H3,(H,31,32,36)/t28-,29+. The van der Waals surface area contributed by atoms with E-state index in [4.69, 9.17) is 5.26 Å². The number of nitrogens with zero attached hydrogens (tertiary/aromatic N) is 5. The van der Waals surface area contributed by atoms with E-state index < -0.39 is 0 Å². The van der Waals surface area contributed by atoms with Gasteiger partial charge in [-0.05, 0) is 76.2 Å². The van der Waals surface area contributed by atoms with Crippen LogP contribution in [0.4, 0.5) is 10.6 Å². The van der Waals surface area contributed by atoms with Crippen molar-refractivity contribution < 1.29 is 9.59 Å². The summed E-state index contributed by atoms with van der Waals surface area (Å²) >= 11 is 0. The molecule has 0 atom stereocenters. The smallest absolute Gasteiger partial charge is 0.317 e. The van der Waals surface area contributed by atoms with Crippen LogP contribution in [0.1, 0.15) is 56.1 Å². The van der Waals surface area contributed by atoms with E-state index in [1.165, 1.54) is 31.0 Å². The Labute approximate surface area is 219 Å². The number of nitriles is 1. The highest BCUT2D eigenvalue weighted by molar-refractivity contribution is 5.94. The molecule has 3 amide bonds. The molecule has 8 heteroatoms. The highest BCUT2D eigenvalue weighted by atomic mass is 16.2. The molecule has 8 nitrogen and oxygen atoms in total. The van der Waals surface area contributed by atoms with Crippen LogP contribution in [0.3, 0.4) is 0 Å². The van der Waals surface area contributed by atoms with E-state index in [-0.39, 0.29) is 29.6 Å². The number of hydrogen-bond acceptors (Lipinski definition) is 5. The van der Waals surface area contributed by atoms with Gasteiger partial charge in [0.2, 0.25) is 5.91 Å². The molecular weight excluding hydrogens is 464 g/mol. The van der Waals surface area contributed by atoms with Crippen LogP contribution in [0.2, 0.25) is 0 Å². The zero-order valence-electron chi connectivity index (χ0n) is 21.8. The van der Waals surface area contributed by atoms with Crippen molar-refractivity contribution in [1.29, 1.82) is 5.26 Å². The molecular formula is C29H36N6O2. The van der Waals surface area contributed by atoms with Gasteiger partial charge in [-0.25, -0.2) is 9.78 Å². The lowest BCUT2D eigenvalue weighted by Gasteiger charge is -2.51. The predicted molar refractivity (Wildman–Crippen MR) is 142 cm³/mol. The Bertz CT molecular complexity index is 1180. The summed E-state index contributed by atoms with van der Waals surface area (Å²) in [6.45, 7) is 1.33. The van der Waals surface area contributed by atoms with Crippen molar-refractivity contribution in [3.05, 3.63) is 59.8 Å². The van der Waals surface area contributed by atoms with Crippen LogP contribution in [-0.4, -0.2) is 70.9 Å². The molecule has 2 aromatic rings. The maximum atomic E-state index is 13.7. The number of nitrogens with one attached hydrogen (secondary N) is 1. The first-order valence-corrected chi connectivity index (χ1v) is 13.3. The van der Waals surface area contributed by atoms with Crippen LogP contribution >= 0.6 is 0 Å². The van der Waals surface area contributed by atoms with Gasteiger partial charge in [0.25, 0.3) is 0 Å². The van der Waals surface area contributed by atoms with Crippen molar-refractivity contribution in [2.75, 3.05) is 39.0 Å². The van der Waals surface area contributed by atoms with Gasteiger partial charge in [-0.2, -0.15) is 5.26 Å². The summed E-state index contributed by atoms with van der Waals surface area (Å²) in [7, 11) is 4.31. The fourth-order valence-electron chi connectivity index (χ4n) is 6.43. The van der Waals surface area contributed by atoms with Crippen molar-refractivity contribution in [3.63, 3.8) is 0 Å². The Hall–Kier alpha value is -3.44. The lowest BCUT2D eigenvalue weighted by molar-refractivity contribution is -0.116. The molecule has 194 valence electrons. The summed E-state index contributed by atoms with van der Waals surface area (Å²) in [4.78, 5) is 36.9. The number of anilines is 1. The SMILES string of the molecule is CN(C)[C@]1(c2ccccc2)CC[C@]2(CC1)CN(CC(=O)Nc1cc(C#N)ccn1)C(=O)N2CC1CCC1. The van der Waals surface area contributed by atoms with Gasteiger partial charge in [0.1, 0.15) is 12.4 Å². The molecule has 1 spiro atoms. The van der Waals surface area contributed by atoms with Gasteiger partial charge in [-0.15, -0.1) is 0 Å². The Morgan fingerprint density at radius 3 is 2.51 bits per heavy atom. The third kappa shape index (κ3) is 4.80. The first kappa shape index (κ1) is 25.2. The minimum Gasteiger partial charge on any atom is -0.317 e. The molecule has 0 unspecified atom stereocenters. The average Bonchev–Trinajstić information content (AvgIpc) is 3.12. The van der Waals surface area contributed by atoms with Gasteiger partial charge < -0.3 is 15.1 Å². The lowest BCUT2D eigenvalue weighted by atomic mass is 9.68. The fraction of sp³-hybridized carbons (Fsp3) is 0.517. The molecule has 1 saturated heterocycles. The van der Waals surface area contributed by atoms with E-state index in [9.17, 15) is 9.59 Å². The average molecular weight is 501 g/mol. The van der Waals surface area contributed by atoms with Crippen molar-refractivity contribution >= 4 is 17.8 Å². The van der Waals surface area contributed by atoms with Crippen LogP contribution in [0.5, 0.6) is 0 Å². The van der Waals surface area contributed by atoms with E-state index in [1.807, 2.05) is 0 Å². The highest BCUT2D eigenvalue weighted by Gasteiger charge is 2.55. The predicted octanol–water partition coefficient (Wildman–Crippen LogP) is 4.20. The van der Waals surface area contributed by atoms with E-state index in [2.05, 4.69) is 70.6 Å². The number of aromatic nitrogens is 1. The highest BCUT2D eigenvalue weighted by Crippen LogP contribution is 2.49. The molecule has 2 saturated carbocycles. The number of amides is 3. The number of carbonyl (C=O) groups is 2. The molecule has 5 rings (SSSR count). The molecule has 1 aliphatic heterocycles. The summed E-state index contributed by atoms with van der Waals surface area (Å²) in [5.41, 5.74) is 1.45. The van der Waals surface area contributed by atoms with E-state index in [0.717, 1.165) is 32.2 Å². The first-order valence-electron chi connectivity index (χ1n) is 13.3. The first-order chi connectivity index (χ1) is 17.8. The Morgan fingerprint density at radius 1 is 1.16 bits per heavy atom. The number of hydrogen-bond donors (Lipinski definition) is 1. The number of carbonyl (C=O) groups excluding carboxylic acids is 2. The molecule has 2 heterocycles. The fourth-order valence-corrected chi connectivity index (χ4v) is 6.43. The number of pyridine rings is 1. The summed E-state index contributed by atoms with van der Waals surface area (Å²) in [6.07, 6.45) is 8.81. The quantitative estimate of drug-likeness (QED) is 0.615. The number of rotatable bonds is 7. The number of urea groups is 1. The van der Waals surface area contributed by atoms with Crippen molar-refractivity contribution in [1.82, 2.24) is 19.7 Å². The minimum atomic E-state index is -0.292. The Kier molecular flexibility index (Phi) is 6.91. The molecule has 1 N–H and O–H groups in total. The van der Waals surface area contributed by atoms with Crippen LogP contribution < -0.4 is 5.32 Å². The summed E-state index contributed by atoms with van der Waals surface area (Å²) in [5, 5.41) is 11.9. The molecule has 0 bridgehead atoms. The largest absolute Gasteiger partial charge is 0.321 e. The second-order valence-corrected chi connectivity index (χ2v) is 11.2. The van der Waals surface area contributed by atoms with E-state index in [0.29, 0.717) is 23.8 Å². The van der Waals surface area contributed by atoms with Gasteiger partial charge in [0.05, 0.1) is 17.2 Å². The molecule has 1 aromatic carbocycles. The normalized spacial score (nSPS) is 25.8. The Balaban J connectivity index is 1.34. The number of benzene rings is 1. The zero-order chi connectivity index (χ0) is 26.0. The molecule has 0 radical (unpaired) electrons. The molecule has 1 aromatic heterocycles. The van der Waals surface area contributed by atoms with Gasteiger partial charge >= 0.3 is 6.03 Å². The molecule has 3 aliphatic rings. The summed E-state index contributed by atoms with van der Waals surface area (Å²) in [5.74, 6) is 0.592. The van der Waals surface area contributed by atoms with Gasteiger partial charge in [0.15, 0.2) is 0 Å². The molecule has 2 aliphatic carbocycles. The Morgan fingerprint density at radius 2 is 1.89 bits per heavy atom. The summed E-state index contributed by atoms with van der Waals surface area (Å²) in [6, 6.07) is 15.9. The van der Waals surface area contributed by atoms with Gasteiger partial charge in [0, 0.05) is 24.8 Å². The van der Waals surface area contributed by atoms with Crippen LogP contribution in [0.15, 0.2) is 48.7 Å². The van der Waals surface area contributed by atoms with Gasteiger partial charge in [-0.3, -0.25) is 9.69 Å². The maximum Gasteiger partial charge on any atom is 0.321 e. The minimum absolute atomic E-state index is 0.0162. The zero-order valence-corrected chi connectivity index (χ0v) is 21.8. The van der Waals surface area contributed by atoms with Crippen LogP contribution in [0, 0.1) is 17.2 Å². The second-order valence-electron chi connectivity index (χ2n) is 11.2. The van der Waals surface area contributed by atoms with Crippen LogP contribution in [0.25, 0.3) is 0 Å². The van der Waals surface area contributed by atoms with Gasteiger partial charge in [-0.1, -0.05) is 36.8 Å². The molecule has 37 heavy (non-hydrogen) atoms. The second kappa shape index (κ2) is 10.1. The third-order valence-corrected chi connectivity index (χ3v) is 8.89. The van der Waals surface area contributed by atoms with Crippen molar-refractivity contribution in [3.8, 4) is 6.07 Å². The van der Waals surface area contributed by atoms with Crippen molar-refractivity contribution in [2.24, 2.45) is 5.92 Å². The maximum absolute atomic E-state index is 13.7. The van der Waals surface area contributed by atoms with Crippen LogP contribution in [-0.2, 0) is 10.3 Å². The third-order valence-electron chi connectivity index (χ3n) is 8.89. The summed E-state index contributed by atoms with van der Waals surface area (Å²) < 4.78 is 0. The topological polar surface area (TPSA) is 92.6 Å². The van der Waals surface area contributed by atoms with E-state index >= 15 is 0 Å². The monoisotopic (exact) mass is 500 g/mol.